The van der Waals surface area contributed by atoms with Gasteiger partial charge in [-0.15, -0.1) is 6.58 Å². The lowest BCUT2D eigenvalue weighted by atomic mass is 10.0. The molecule has 96 valence electrons. The smallest absolute Gasteiger partial charge is 0.228 e. The number of nitrogens with one attached hydrogen (secondary N) is 1. The molecule has 1 aliphatic heterocycles. The van der Waals surface area contributed by atoms with Gasteiger partial charge in [0.25, 0.3) is 0 Å². The molecule has 1 heterocycles. The molecule has 0 bridgehead atoms. The Hall–Kier alpha value is -1.61. The van der Waals surface area contributed by atoms with E-state index in [1.165, 1.54) is 5.56 Å². The summed E-state index contributed by atoms with van der Waals surface area (Å²) in [5.41, 5.74) is 2.38. The molecule has 1 aromatic rings. The number of fused-ring (bicyclic) bond motifs is 1. The Bertz CT molecular complexity index is 428. The van der Waals surface area contributed by atoms with E-state index in [0.717, 1.165) is 31.6 Å². The van der Waals surface area contributed by atoms with Crippen LogP contribution in [0.25, 0.3) is 0 Å². The van der Waals surface area contributed by atoms with Crippen molar-refractivity contribution in [1.29, 1.82) is 0 Å². The van der Waals surface area contributed by atoms with Crippen LogP contribution in [-0.4, -0.2) is 25.5 Å². The lowest BCUT2D eigenvalue weighted by Gasteiger charge is -2.29. The van der Waals surface area contributed by atoms with Crippen molar-refractivity contribution in [2.75, 3.05) is 24.5 Å². The van der Waals surface area contributed by atoms with Crippen molar-refractivity contribution in [3.8, 4) is 0 Å². The molecule has 1 aromatic carbocycles. The van der Waals surface area contributed by atoms with Crippen LogP contribution in [0.5, 0.6) is 0 Å². The van der Waals surface area contributed by atoms with Crippen LogP contribution in [0, 0.1) is 0 Å². The van der Waals surface area contributed by atoms with Crippen LogP contribution in [0.15, 0.2) is 36.9 Å². The van der Waals surface area contributed by atoms with E-state index in [2.05, 4.69) is 18.0 Å². The second-order valence-corrected chi connectivity index (χ2v) is 4.52. The molecule has 0 unspecified atom stereocenters. The van der Waals surface area contributed by atoms with E-state index < -0.39 is 0 Å². The maximum atomic E-state index is 12.2. The highest BCUT2D eigenvalue weighted by atomic mass is 16.2. The number of amides is 1. The molecule has 1 N–H and O–H groups in total. The summed E-state index contributed by atoms with van der Waals surface area (Å²) in [5.74, 6) is 0.207. The van der Waals surface area contributed by atoms with E-state index >= 15 is 0 Å². The second-order valence-electron chi connectivity index (χ2n) is 4.52. The van der Waals surface area contributed by atoms with Crippen LogP contribution in [0.2, 0.25) is 0 Å². The van der Waals surface area contributed by atoms with Gasteiger partial charge in [-0.25, -0.2) is 0 Å². The minimum atomic E-state index is 0.207. The predicted octanol–water partition coefficient (Wildman–Crippen LogP) is 2.13. The van der Waals surface area contributed by atoms with Gasteiger partial charge in [-0.1, -0.05) is 24.3 Å². The fourth-order valence-electron chi connectivity index (χ4n) is 2.33. The number of para-hydroxylation sites is 1. The van der Waals surface area contributed by atoms with Crippen molar-refractivity contribution < 1.29 is 4.79 Å². The summed E-state index contributed by atoms with van der Waals surface area (Å²) in [6.07, 6.45) is 4.49. The van der Waals surface area contributed by atoms with E-state index in [9.17, 15) is 4.79 Å². The normalized spacial score (nSPS) is 14.1. The average Bonchev–Trinajstić information content (AvgIpc) is 2.43. The van der Waals surface area contributed by atoms with E-state index in [1.54, 1.807) is 6.08 Å². The van der Waals surface area contributed by atoms with Gasteiger partial charge in [0.15, 0.2) is 0 Å². The largest absolute Gasteiger partial charge is 0.313 e. The molecule has 3 nitrogen and oxygen atoms in total. The molecular formula is C15H20N2O. The van der Waals surface area contributed by atoms with E-state index in [0.29, 0.717) is 13.0 Å². The zero-order chi connectivity index (χ0) is 12.8. The van der Waals surface area contributed by atoms with Crippen molar-refractivity contribution >= 4 is 11.6 Å². The third-order valence-electron chi connectivity index (χ3n) is 3.22. The Labute approximate surface area is 108 Å². The second kappa shape index (κ2) is 6.36. The van der Waals surface area contributed by atoms with Crippen LogP contribution in [0.1, 0.15) is 18.4 Å². The van der Waals surface area contributed by atoms with Crippen LogP contribution in [0.3, 0.4) is 0 Å². The lowest BCUT2D eigenvalue weighted by molar-refractivity contribution is -0.118. The molecule has 0 radical (unpaired) electrons. The average molecular weight is 244 g/mol. The van der Waals surface area contributed by atoms with Crippen molar-refractivity contribution in [3.05, 3.63) is 42.5 Å². The number of carbonyl (C=O) groups is 1. The highest BCUT2D eigenvalue weighted by Gasteiger charge is 2.21. The van der Waals surface area contributed by atoms with Gasteiger partial charge in [0.2, 0.25) is 5.91 Å². The maximum Gasteiger partial charge on any atom is 0.228 e. The van der Waals surface area contributed by atoms with E-state index in [4.69, 9.17) is 0 Å². The number of anilines is 1. The van der Waals surface area contributed by atoms with Crippen LogP contribution < -0.4 is 10.2 Å². The standard InChI is InChI=1S/C15H20N2O/c1-2-10-16-11-9-15(18)17-12-5-7-13-6-3-4-8-14(13)17/h2-4,6,8,16H,1,5,7,9-12H2. The highest BCUT2D eigenvalue weighted by Crippen LogP contribution is 2.26. The number of benzene rings is 1. The summed E-state index contributed by atoms with van der Waals surface area (Å²) in [7, 11) is 0. The van der Waals surface area contributed by atoms with E-state index in [-0.39, 0.29) is 5.91 Å². The van der Waals surface area contributed by atoms with Gasteiger partial charge in [0, 0.05) is 31.7 Å². The molecule has 0 fully saturated rings. The first-order valence-electron chi connectivity index (χ1n) is 6.53. The van der Waals surface area contributed by atoms with Gasteiger partial charge in [0.1, 0.15) is 0 Å². The Morgan fingerprint density at radius 1 is 1.44 bits per heavy atom. The van der Waals surface area contributed by atoms with Crippen LogP contribution in [-0.2, 0) is 11.2 Å². The van der Waals surface area contributed by atoms with Gasteiger partial charge < -0.3 is 10.2 Å². The van der Waals surface area contributed by atoms with Gasteiger partial charge in [-0.05, 0) is 24.5 Å². The monoisotopic (exact) mass is 244 g/mol. The molecule has 0 aliphatic carbocycles. The van der Waals surface area contributed by atoms with Gasteiger partial charge >= 0.3 is 0 Å². The molecule has 1 amide bonds. The van der Waals surface area contributed by atoms with E-state index in [1.807, 2.05) is 23.1 Å². The molecule has 0 aromatic heterocycles. The minimum absolute atomic E-state index is 0.207. The van der Waals surface area contributed by atoms with Gasteiger partial charge in [0.05, 0.1) is 0 Å². The van der Waals surface area contributed by atoms with Crippen LogP contribution >= 0.6 is 0 Å². The Balaban J connectivity index is 1.97. The molecule has 18 heavy (non-hydrogen) atoms. The lowest BCUT2D eigenvalue weighted by Crippen LogP contribution is -2.37. The molecule has 0 spiro atoms. The van der Waals surface area contributed by atoms with Crippen molar-refractivity contribution in [2.45, 2.75) is 19.3 Å². The topological polar surface area (TPSA) is 32.3 Å². The third kappa shape index (κ3) is 2.99. The van der Waals surface area contributed by atoms with Crippen LogP contribution in [0.4, 0.5) is 5.69 Å². The molecule has 0 saturated carbocycles. The number of hydrogen-bond acceptors (Lipinski definition) is 2. The summed E-state index contributed by atoms with van der Waals surface area (Å²) >= 11 is 0. The molecule has 2 rings (SSSR count). The first-order valence-corrected chi connectivity index (χ1v) is 6.53. The first kappa shape index (κ1) is 12.8. The van der Waals surface area contributed by atoms with Crippen molar-refractivity contribution in [3.63, 3.8) is 0 Å². The summed E-state index contributed by atoms with van der Waals surface area (Å²) in [6, 6.07) is 8.20. The van der Waals surface area contributed by atoms with Gasteiger partial charge in [-0.3, -0.25) is 4.79 Å². The highest BCUT2D eigenvalue weighted by molar-refractivity contribution is 5.94. The SMILES string of the molecule is C=CCNCCC(=O)N1CCCc2ccccc21. The molecule has 1 aliphatic rings. The zero-order valence-corrected chi connectivity index (χ0v) is 10.7. The fraction of sp³-hybridized carbons (Fsp3) is 0.400. The molecule has 3 heteroatoms. The third-order valence-corrected chi connectivity index (χ3v) is 3.22. The number of hydrogen-bond donors (Lipinski definition) is 1. The number of nitrogens with zero attached hydrogens (tertiary/aromatic N) is 1. The fourth-order valence-corrected chi connectivity index (χ4v) is 2.33. The number of aryl methyl sites for hydroxylation is 1. The predicted molar refractivity (Wildman–Crippen MR) is 74.8 cm³/mol. The number of rotatable bonds is 5. The maximum absolute atomic E-state index is 12.2. The first-order chi connectivity index (χ1) is 8.83. The Morgan fingerprint density at radius 2 is 2.28 bits per heavy atom. The summed E-state index contributed by atoms with van der Waals surface area (Å²) in [5, 5.41) is 3.16. The summed E-state index contributed by atoms with van der Waals surface area (Å²) in [6.45, 7) is 5.95. The zero-order valence-electron chi connectivity index (χ0n) is 10.7. The molecule has 0 atom stereocenters. The molecular weight excluding hydrogens is 224 g/mol. The minimum Gasteiger partial charge on any atom is -0.313 e. The summed E-state index contributed by atoms with van der Waals surface area (Å²) < 4.78 is 0. The Kier molecular flexibility index (Phi) is 4.53. The quantitative estimate of drug-likeness (QED) is 0.635. The van der Waals surface area contributed by atoms with Crippen molar-refractivity contribution in [2.24, 2.45) is 0 Å². The molecule has 0 saturated heterocycles. The Morgan fingerprint density at radius 3 is 3.11 bits per heavy atom. The van der Waals surface area contributed by atoms with Gasteiger partial charge in [-0.2, -0.15) is 0 Å². The summed E-state index contributed by atoms with van der Waals surface area (Å²) in [4.78, 5) is 14.1. The van der Waals surface area contributed by atoms with Crippen molar-refractivity contribution in [1.82, 2.24) is 5.32 Å². The number of carbonyl (C=O) groups excluding carboxylic acids is 1.